The van der Waals surface area contributed by atoms with Gasteiger partial charge in [0.1, 0.15) is 0 Å². The van der Waals surface area contributed by atoms with Crippen LogP contribution >= 0.6 is 11.8 Å². The molecule has 1 rings (SSSR count). The minimum absolute atomic E-state index is 0.276. The second-order valence-corrected chi connectivity index (χ2v) is 7.76. The molecule has 1 aromatic carbocycles. The molecule has 6 heteroatoms. The fraction of sp³-hybridized carbons (Fsp3) is 0.571. The number of thioether (sulfide) groups is 1. The zero-order valence-electron chi connectivity index (χ0n) is 12.0. The number of benzene rings is 1. The van der Waals surface area contributed by atoms with E-state index in [9.17, 15) is 13.5 Å². The molecule has 0 bridgehead atoms. The van der Waals surface area contributed by atoms with Gasteiger partial charge in [0.05, 0.1) is 11.0 Å². The summed E-state index contributed by atoms with van der Waals surface area (Å²) in [6, 6.07) is 6.39. The van der Waals surface area contributed by atoms with Crippen molar-refractivity contribution in [3.05, 3.63) is 29.8 Å². The van der Waals surface area contributed by atoms with Crippen molar-refractivity contribution in [1.82, 2.24) is 5.32 Å². The Morgan fingerprint density at radius 1 is 1.25 bits per heavy atom. The zero-order valence-corrected chi connectivity index (χ0v) is 13.6. The van der Waals surface area contributed by atoms with Crippen molar-refractivity contribution < 1.29 is 13.5 Å². The molecule has 0 spiro atoms. The summed E-state index contributed by atoms with van der Waals surface area (Å²) in [5.41, 5.74) is 0.731. The summed E-state index contributed by atoms with van der Waals surface area (Å²) >= 11 is 1.84. The highest BCUT2D eigenvalue weighted by Crippen LogP contribution is 2.15. The summed E-state index contributed by atoms with van der Waals surface area (Å²) < 4.78 is 22.7. The van der Waals surface area contributed by atoms with Gasteiger partial charge in [-0.2, -0.15) is 11.8 Å². The fourth-order valence-electron chi connectivity index (χ4n) is 1.79. The smallest absolute Gasteiger partial charge is 0.175 e. The summed E-state index contributed by atoms with van der Waals surface area (Å²) in [6.07, 6.45) is 4.93. The summed E-state index contributed by atoms with van der Waals surface area (Å²) in [5.74, 6) is 1.16. The minimum Gasteiger partial charge on any atom is -0.387 e. The molecule has 0 heterocycles. The Labute approximate surface area is 125 Å². The molecule has 0 aromatic heterocycles. The van der Waals surface area contributed by atoms with Crippen LogP contribution in [0, 0.1) is 0 Å². The summed E-state index contributed by atoms with van der Waals surface area (Å²) in [4.78, 5) is 0.276. The van der Waals surface area contributed by atoms with Gasteiger partial charge in [-0.05, 0) is 49.1 Å². The average molecular weight is 317 g/mol. The van der Waals surface area contributed by atoms with Gasteiger partial charge in [-0.1, -0.05) is 12.1 Å². The predicted octanol–water partition coefficient (Wildman–Crippen LogP) is 1.86. The van der Waals surface area contributed by atoms with E-state index >= 15 is 0 Å². The van der Waals surface area contributed by atoms with Crippen LogP contribution in [0.1, 0.15) is 24.5 Å². The van der Waals surface area contributed by atoms with E-state index in [-0.39, 0.29) is 4.90 Å². The maximum Gasteiger partial charge on any atom is 0.175 e. The monoisotopic (exact) mass is 317 g/mol. The Hall–Kier alpha value is -0.560. The first-order valence-corrected chi connectivity index (χ1v) is 9.91. The van der Waals surface area contributed by atoms with E-state index in [0.717, 1.165) is 24.3 Å². The molecular formula is C14H23NO3S2. The SMILES string of the molecule is CSCCCCNCC(O)c1ccc(S(C)(=O)=O)cc1. The molecular weight excluding hydrogens is 294 g/mol. The van der Waals surface area contributed by atoms with Crippen molar-refractivity contribution in [3.63, 3.8) is 0 Å². The van der Waals surface area contributed by atoms with Gasteiger partial charge in [0.2, 0.25) is 0 Å². The van der Waals surface area contributed by atoms with E-state index in [1.54, 1.807) is 12.1 Å². The van der Waals surface area contributed by atoms with Crippen molar-refractivity contribution in [2.45, 2.75) is 23.8 Å². The summed E-state index contributed by atoms with van der Waals surface area (Å²) in [6.45, 7) is 1.37. The molecule has 0 aliphatic carbocycles. The summed E-state index contributed by atoms with van der Waals surface area (Å²) in [5, 5.41) is 13.2. The second-order valence-electron chi connectivity index (χ2n) is 4.76. The van der Waals surface area contributed by atoms with Crippen LogP contribution in [0.25, 0.3) is 0 Å². The molecule has 0 saturated carbocycles. The number of sulfone groups is 1. The molecule has 0 aliphatic heterocycles. The highest BCUT2D eigenvalue weighted by atomic mass is 32.2. The number of unbranched alkanes of at least 4 members (excludes halogenated alkanes) is 1. The van der Waals surface area contributed by atoms with Crippen molar-refractivity contribution in [1.29, 1.82) is 0 Å². The molecule has 1 unspecified atom stereocenters. The Balaban J connectivity index is 2.38. The largest absolute Gasteiger partial charge is 0.387 e. The highest BCUT2D eigenvalue weighted by molar-refractivity contribution is 7.98. The molecule has 0 aliphatic rings. The van der Waals surface area contributed by atoms with Crippen LogP contribution in [-0.2, 0) is 9.84 Å². The van der Waals surface area contributed by atoms with Crippen LogP contribution in [0.4, 0.5) is 0 Å². The molecule has 0 amide bonds. The molecule has 20 heavy (non-hydrogen) atoms. The maximum atomic E-state index is 11.3. The molecule has 0 saturated heterocycles. The number of aliphatic hydroxyl groups is 1. The third-order valence-corrected chi connectivity index (χ3v) is 4.81. The fourth-order valence-corrected chi connectivity index (χ4v) is 2.91. The second kappa shape index (κ2) is 8.67. The zero-order chi connectivity index (χ0) is 15.0. The van der Waals surface area contributed by atoms with E-state index in [2.05, 4.69) is 11.6 Å². The van der Waals surface area contributed by atoms with Crippen molar-refractivity contribution in [3.8, 4) is 0 Å². The van der Waals surface area contributed by atoms with Crippen LogP contribution in [0.2, 0.25) is 0 Å². The molecule has 4 nitrogen and oxygen atoms in total. The van der Waals surface area contributed by atoms with Crippen molar-refractivity contribution in [2.75, 3.05) is 31.4 Å². The van der Waals surface area contributed by atoms with E-state index in [1.165, 1.54) is 24.8 Å². The third-order valence-electron chi connectivity index (χ3n) is 2.98. The molecule has 1 atom stereocenters. The average Bonchev–Trinajstić information content (AvgIpc) is 2.41. The first-order valence-electron chi connectivity index (χ1n) is 6.63. The topological polar surface area (TPSA) is 66.4 Å². The highest BCUT2D eigenvalue weighted by Gasteiger charge is 2.10. The normalized spacial score (nSPS) is 13.3. The molecule has 0 radical (unpaired) electrons. The van der Waals surface area contributed by atoms with E-state index in [4.69, 9.17) is 0 Å². The lowest BCUT2D eigenvalue weighted by Crippen LogP contribution is -2.22. The van der Waals surface area contributed by atoms with E-state index in [0.29, 0.717) is 6.54 Å². The lowest BCUT2D eigenvalue weighted by molar-refractivity contribution is 0.174. The number of nitrogens with one attached hydrogen (secondary N) is 1. The number of hydrogen-bond acceptors (Lipinski definition) is 5. The number of hydrogen-bond donors (Lipinski definition) is 2. The Kier molecular flexibility index (Phi) is 7.58. The van der Waals surface area contributed by atoms with Crippen molar-refractivity contribution >= 4 is 21.6 Å². The van der Waals surface area contributed by atoms with Crippen LogP contribution in [0.3, 0.4) is 0 Å². The quantitative estimate of drug-likeness (QED) is 0.681. The third kappa shape index (κ3) is 6.26. The first kappa shape index (κ1) is 17.5. The lowest BCUT2D eigenvalue weighted by Gasteiger charge is -2.12. The molecule has 2 N–H and O–H groups in total. The van der Waals surface area contributed by atoms with Gasteiger partial charge in [-0.15, -0.1) is 0 Å². The van der Waals surface area contributed by atoms with Gasteiger partial charge in [0.25, 0.3) is 0 Å². The van der Waals surface area contributed by atoms with Gasteiger partial charge in [-0.3, -0.25) is 0 Å². The van der Waals surface area contributed by atoms with Gasteiger partial charge < -0.3 is 10.4 Å². The van der Waals surface area contributed by atoms with Gasteiger partial charge >= 0.3 is 0 Å². The Morgan fingerprint density at radius 3 is 2.45 bits per heavy atom. The predicted molar refractivity (Wildman–Crippen MR) is 85.0 cm³/mol. The number of rotatable bonds is 9. The molecule has 1 aromatic rings. The van der Waals surface area contributed by atoms with E-state index < -0.39 is 15.9 Å². The molecule has 114 valence electrons. The van der Waals surface area contributed by atoms with Gasteiger partial charge in [0.15, 0.2) is 9.84 Å². The van der Waals surface area contributed by atoms with Crippen LogP contribution in [-0.4, -0.2) is 44.9 Å². The maximum absolute atomic E-state index is 11.3. The minimum atomic E-state index is -3.17. The standard InChI is InChI=1S/C14H23NO3S2/c1-19-10-4-3-9-15-11-14(16)12-5-7-13(8-6-12)20(2,17)18/h5-8,14-16H,3-4,9-11H2,1-2H3. The lowest BCUT2D eigenvalue weighted by atomic mass is 10.1. The first-order chi connectivity index (χ1) is 9.45. The molecule has 0 fully saturated rings. The van der Waals surface area contributed by atoms with Crippen LogP contribution in [0.5, 0.6) is 0 Å². The number of aliphatic hydroxyl groups excluding tert-OH is 1. The van der Waals surface area contributed by atoms with Crippen LogP contribution < -0.4 is 5.32 Å². The Bertz CT molecular complexity index is 486. The van der Waals surface area contributed by atoms with E-state index in [1.807, 2.05) is 11.8 Å². The summed E-state index contributed by atoms with van der Waals surface area (Å²) in [7, 11) is -3.17. The van der Waals surface area contributed by atoms with Gasteiger partial charge in [-0.25, -0.2) is 8.42 Å². The van der Waals surface area contributed by atoms with Crippen molar-refractivity contribution in [2.24, 2.45) is 0 Å². The Morgan fingerprint density at radius 2 is 1.90 bits per heavy atom. The van der Waals surface area contributed by atoms with Crippen LogP contribution in [0.15, 0.2) is 29.2 Å². The van der Waals surface area contributed by atoms with Gasteiger partial charge in [0, 0.05) is 12.8 Å².